The van der Waals surface area contributed by atoms with E-state index in [4.69, 9.17) is 4.74 Å². The van der Waals surface area contributed by atoms with Gasteiger partial charge in [0, 0.05) is 12.5 Å². The number of carbonyl (C=O) groups is 1. The summed E-state index contributed by atoms with van der Waals surface area (Å²) < 4.78 is 7.16. The Bertz CT molecular complexity index is 842. The second-order valence-electron chi connectivity index (χ2n) is 7.91. The van der Waals surface area contributed by atoms with E-state index in [1.807, 2.05) is 38.4 Å². The van der Waals surface area contributed by atoms with Crippen LogP contribution in [0.3, 0.4) is 0 Å². The van der Waals surface area contributed by atoms with Crippen molar-refractivity contribution in [1.82, 2.24) is 9.88 Å². The largest absolute Gasteiger partial charge is 0.496 e. The summed E-state index contributed by atoms with van der Waals surface area (Å²) in [5, 5.41) is 11.6. The maximum absolute atomic E-state index is 13.4. The van der Waals surface area contributed by atoms with E-state index in [1.54, 1.807) is 6.26 Å². The van der Waals surface area contributed by atoms with Gasteiger partial charge in [0.2, 0.25) is 0 Å². The maximum Gasteiger partial charge on any atom is 0.175 e. The van der Waals surface area contributed by atoms with Crippen molar-refractivity contribution in [3.8, 4) is 0 Å². The van der Waals surface area contributed by atoms with Crippen LogP contribution >= 0.6 is 11.3 Å². The van der Waals surface area contributed by atoms with Gasteiger partial charge in [0.05, 0.1) is 34.1 Å². The Kier molecular flexibility index (Phi) is 5.05. The predicted molar refractivity (Wildman–Crippen MR) is 107 cm³/mol. The fourth-order valence-corrected chi connectivity index (χ4v) is 5.46. The van der Waals surface area contributed by atoms with Gasteiger partial charge in [0.1, 0.15) is 11.1 Å². The highest BCUT2D eigenvalue weighted by Crippen LogP contribution is 2.43. The second kappa shape index (κ2) is 7.34. The number of allylic oxidation sites excluding steroid dienone is 1. The van der Waals surface area contributed by atoms with Crippen molar-refractivity contribution >= 4 is 32.9 Å². The fraction of sp³-hybridized carbons (Fsp3) is 0.524. The second-order valence-corrected chi connectivity index (χ2v) is 8.94. The number of hydrogen-bond donors (Lipinski definition) is 1. The third-order valence-corrected chi connectivity index (χ3v) is 6.94. The van der Waals surface area contributed by atoms with Gasteiger partial charge in [-0.1, -0.05) is 25.5 Å². The molecule has 2 aliphatic rings. The van der Waals surface area contributed by atoms with Gasteiger partial charge < -0.3 is 14.7 Å². The first kappa shape index (κ1) is 18.6. The normalized spacial score (nSPS) is 30.9. The zero-order chi connectivity index (χ0) is 19.1. The number of thiazole rings is 1. The highest BCUT2D eigenvalue weighted by atomic mass is 32.1. The topological polar surface area (TPSA) is 62.7 Å². The van der Waals surface area contributed by atoms with Gasteiger partial charge in [-0.25, -0.2) is 4.98 Å². The molecule has 1 aromatic heterocycles. The molecule has 5 unspecified atom stereocenters. The number of benzene rings is 1. The zero-order valence-electron chi connectivity index (χ0n) is 16.0. The predicted octanol–water partition coefficient (Wildman–Crippen LogP) is 3.19. The Morgan fingerprint density at radius 2 is 2.11 bits per heavy atom. The Morgan fingerprint density at radius 1 is 1.33 bits per heavy atom. The molecule has 1 aliphatic heterocycles. The molecule has 5 nitrogen and oxygen atoms in total. The number of para-hydroxylation sites is 1. The van der Waals surface area contributed by atoms with Crippen LogP contribution in [0.25, 0.3) is 15.8 Å². The lowest BCUT2D eigenvalue weighted by atomic mass is 9.67. The van der Waals surface area contributed by atoms with E-state index >= 15 is 0 Å². The van der Waals surface area contributed by atoms with Gasteiger partial charge >= 0.3 is 0 Å². The molecule has 6 heteroatoms. The summed E-state index contributed by atoms with van der Waals surface area (Å²) in [5.74, 6) is -0.0472. The monoisotopic (exact) mass is 386 g/mol. The van der Waals surface area contributed by atoms with Crippen LogP contribution in [-0.4, -0.2) is 53.6 Å². The standard InChI is InChI=1S/C21H26N2O3S/c1-4-12-9-13-19(25)15(21-22-16-7-5-6-8-17(16)27-21)11-26-20(13)14(18(12)24)10-23(2)3/h5-8,11-14,18,20,24H,4,9-10H2,1-3H3. The van der Waals surface area contributed by atoms with Gasteiger partial charge in [0.15, 0.2) is 5.78 Å². The first-order valence-corrected chi connectivity index (χ1v) is 10.4. The summed E-state index contributed by atoms with van der Waals surface area (Å²) in [5.41, 5.74) is 1.48. The quantitative estimate of drug-likeness (QED) is 0.874. The zero-order valence-corrected chi connectivity index (χ0v) is 16.8. The van der Waals surface area contributed by atoms with E-state index in [-0.39, 0.29) is 29.6 Å². The number of ether oxygens (including phenoxy) is 1. The Hall–Kier alpha value is -1.76. The van der Waals surface area contributed by atoms with Crippen LogP contribution in [-0.2, 0) is 9.53 Å². The minimum absolute atomic E-state index is 0.0687. The summed E-state index contributed by atoms with van der Waals surface area (Å²) in [6.45, 7) is 2.79. The molecule has 0 amide bonds. The number of aromatic nitrogens is 1. The van der Waals surface area contributed by atoms with Crippen LogP contribution in [0.2, 0.25) is 0 Å². The SMILES string of the molecule is CCC1CC2C(=O)C(c3nc4ccccc4s3)=COC2C(CN(C)C)C1O. The molecule has 27 heavy (non-hydrogen) atoms. The molecule has 144 valence electrons. The van der Waals surface area contributed by atoms with Crippen LogP contribution in [0, 0.1) is 17.8 Å². The first-order valence-electron chi connectivity index (χ1n) is 9.58. The molecule has 1 saturated carbocycles. The number of hydrogen-bond acceptors (Lipinski definition) is 6. The number of aliphatic hydroxyl groups is 1. The van der Waals surface area contributed by atoms with Gasteiger partial charge in [-0.15, -0.1) is 11.3 Å². The fourth-order valence-electron chi connectivity index (χ4n) is 4.48. The Morgan fingerprint density at radius 3 is 2.81 bits per heavy atom. The molecule has 0 saturated heterocycles. The molecule has 1 aliphatic carbocycles. The highest BCUT2D eigenvalue weighted by molar-refractivity contribution is 7.19. The minimum atomic E-state index is -0.441. The number of rotatable bonds is 4. The lowest BCUT2D eigenvalue weighted by Gasteiger charge is -2.46. The smallest absolute Gasteiger partial charge is 0.175 e. The number of aliphatic hydroxyl groups excluding tert-OH is 1. The molecule has 1 N–H and O–H groups in total. The third-order valence-electron chi connectivity index (χ3n) is 5.87. The van der Waals surface area contributed by atoms with Gasteiger partial charge in [-0.3, -0.25) is 4.79 Å². The number of Topliss-reactive ketones (excluding diaryl/α,β-unsaturated/α-hetero) is 1. The molecular weight excluding hydrogens is 360 g/mol. The summed E-state index contributed by atoms with van der Waals surface area (Å²) >= 11 is 1.53. The molecule has 1 fully saturated rings. The van der Waals surface area contributed by atoms with Crippen molar-refractivity contribution in [2.24, 2.45) is 17.8 Å². The van der Waals surface area contributed by atoms with Crippen LogP contribution in [0.15, 0.2) is 30.5 Å². The van der Waals surface area contributed by atoms with E-state index in [2.05, 4.69) is 16.8 Å². The lowest BCUT2D eigenvalue weighted by Crippen LogP contribution is -2.54. The molecule has 4 rings (SSSR count). The van der Waals surface area contributed by atoms with Crippen molar-refractivity contribution in [2.45, 2.75) is 32.0 Å². The van der Waals surface area contributed by atoms with Crippen LogP contribution in [0.5, 0.6) is 0 Å². The number of carbonyl (C=O) groups excluding carboxylic acids is 1. The lowest BCUT2D eigenvalue weighted by molar-refractivity contribution is -0.140. The molecule has 5 atom stereocenters. The van der Waals surface area contributed by atoms with Gasteiger partial charge in [0.25, 0.3) is 0 Å². The van der Waals surface area contributed by atoms with Crippen LogP contribution in [0.1, 0.15) is 24.8 Å². The minimum Gasteiger partial charge on any atom is -0.496 e. The molecule has 0 bridgehead atoms. The molecule has 0 radical (unpaired) electrons. The van der Waals surface area contributed by atoms with E-state index in [9.17, 15) is 9.90 Å². The molecular formula is C21H26N2O3S. The van der Waals surface area contributed by atoms with E-state index < -0.39 is 6.10 Å². The average molecular weight is 387 g/mol. The van der Waals surface area contributed by atoms with Crippen LogP contribution in [0.4, 0.5) is 0 Å². The van der Waals surface area contributed by atoms with Crippen molar-refractivity contribution in [3.63, 3.8) is 0 Å². The molecule has 2 heterocycles. The van der Waals surface area contributed by atoms with Crippen LogP contribution < -0.4 is 0 Å². The highest BCUT2D eigenvalue weighted by Gasteiger charge is 2.49. The van der Waals surface area contributed by atoms with Crippen molar-refractivity contribution in [2.75, 3.05) is 20.6 Å². The van der Waals surface area contributed by atoms with E-state index in [0.717, 1.165) is 21.6 Å². The number of fused-ring (bicyclic) bond motifs is 2. The van der Waals surface area contributed by atoms with Gasteiger partial charge in [-0.05, 0) is 38.6 Å². The number of ketones is 1. The number of nitrogens with zero attached hydrogens (tertiary/aromatic N) is 2. The molecule has 1 aromatic carbocycles. The summed E-state index contributed by atoms with van der Waals surface area (Å²) in [6.07, 6.45) is 2.41. The van der Waals surface area contributed by atoms with E-state index in [0.29, 0.717) is 18.5 Å². The maximum atomic E-state index is 13.4. The summed E-state index contributed by atoms with van der Waals surface area (Å²) in [6, 6.07) is 7.92. The van der Waals surface area contributed by atoms with Gasteiger partial charge in [-0.2, -0.15) is 0 Å². The van der Waals surface area contributed by atoms with Crippen molar-refractivity contribution in [3.05, 3.63) is 35.5 Å². The summed E-state index contributed by atoms with van der Waals surface area (Å²) in [7, 11) is 3.98. The van der Waals surface area contributed by atoms with Crippen molar-refractivity contribution in [1.29, 1.82) is 0 Å². The average Bonchev–Trinajstić information content (AvgIpc) is 3.07. The molecule has 2 aromatic rings. The molecule has 0 spiro atoms. The Labute approximate surface area is 163 Å². The first-order chi connectivity index (χ1) is 13.0. The summed E-state index contributed by atoms with van der Waals surface area (Å²) in [4.78, 5) is 20.1. The van der Waals surface area contributed by atoms with E-state index in [1.165, 1.54) is 11.3 Å². The third kappa shape index (κ3) is 3.30. The van der Waals surface area contributed by atoms with Crippen molar-refractivity contribution < 1.29 is 14.6 Å². The Balaban J connectivity index is 1.68.